The molecular weight excluding hydrogens is 209 g/mol. The van der Waals surface area contributed by atoms with Crippen molar-refractivity contribution in [1.29, 1.82) is 0 Å². The summed E-state index contributed by atoms with van der Waals surface area (Å²) in [4.78, 5) is 11.4. The zero-order chi connectivity index (χ0) is 9.90. The van der Waals surface area contributed by atoms with Gasteiger partial charge in [-0.2, -0.15) is 0 Å². The number of ether oxygens (including phenoxy) is 1. The first-order chi connectivity index (χ1) is 6.15. The lowest BCUT2D eigenvalue weighted by Gasteiger charge is -2.37. The molecule has 0 aromatic rings. The van der Waals surface area contributed by atoms with E-state index in [1.807, 2.05) is 0 Å². The molecule has 3 nitrogen and oxygen atoms in total. The molecule has 84 valence electrons. The highest BCUT2D eigenvalue weighted by atomic mass is 35.5. The summed E-state index contributed by atoms with van der Waals surface area (Å²) in [6, 6.07) is 0. The average Bonchev–Trinajstić information content (AvgIpc) is 2.17. The van der Waals surface area contributed by atoms with E-state index in [1.54, 1.807) is 6.92 Å². The molecule has 0 aromatic heterocycles. The molecule has 1 fully saturated rings. The monoisotopic (exact) mass is 225 g/mol. The second-order valence-electron chi connectivity index (χ2n) is 3.73. The van der Waals surface area contributed by atoms with E-state index < -0.39 is 12.1 Å². The fourth-order valence-corrected chi connectivity index (χ4v) is 1.81. The Morgan fingerprint density at radius 2 is 2.36 bits per heavy atom. The zero-order valence-corrected chi connectivity index (χ0v) is 9.32. The van der Waals surface area contributed by atoms with Gasteiger partial charge in [-0.1, -0.05) is 0 Å². The summed E-state index contributed by atoms with van der Waals surface area (Å²) in [6.07, 6.45) is 0.697. The molecular formula is C9H17ClFNO2. The maximum Gasteiger partial charge on any atom is 0.313 e. The highest BCUT2D eigenvalue weighted by molar-refractivity contribution is 5.85. The van der Waals surface area contributed by atoms with E-state index >= 15 is 0 Å². The summed E-state index contributed by atoms with van der Waals surface area (Å²) in [5, 5.41) is 3.09. The number of piperidine rings is 1. The Kier molecular flexibility index (Phi) is 5.37. The molecule has 1 saturated heterocycles. The van der Waals surface area contributed by atoms with Crippen molar-refractivity contribution in [3.63, 3.8) is 0 Å². The van der Waals surface area contributed by atoms with Gasteiger partial charge in [0.15, 0.2) is 0 Å². The lowest BCUT2D eigenvalue weighted by Crippen LogP contribution is -2.50. The topological polar surface area (TPSA) is 38.3 Å². The van der Waals surface area contributed by atoms with E-state index in [1.165, 1.54) is 7.11 Å². The molecule has 1 aliphatic rings. The van der Waals surface area contributed by atoms with Crippen LogP contribution in [0.3, 0.4) is 0 Å². The van der Waals surface area contributed by atoms with Gasteiger partial charge in [0, 0.05) is 12.5 Å². The van der Waals surface area contributed by atoms with Crippen molar-refractivity contribution in [2.24, 2.45) is 11.3 Å². The van der Waals surface area contributed by atoms with E-state index in [0.29, 0.717) is 13.0 Å². The molecule has 1 N–H and O–H groups in total. The fourth-order valence-electron chi connectivity index (χ4n) is 1.81. The summed E-state index contributed by atoms with van der Waals surface area (Å²) in [7, 11) is 1.34. The van der Waals surface area contributed by atoms with Gasteiger partial charge in [0.2, 0.25) is 0 Å². The Morgan fingerprint density at radius 1 is 1.71 bits per heavy atom. The SMILES string of the molecule is COC(=O)[C@]1(C)CNCC[C@@H]1CF.Cl. The van der Waals surface area contributed by atoms with E-state index in [9.17, 15) is 9.18 Å². The van der Waals surface area contributed by atoms with Gasteiger partial charge < -0.3 is 10.1 Å². The van der Waals surface area contributed by atoms with Crippen LogP contribution in [0.1, 0.15) is 13.3 Å². The molecule has 0 aliphatic carbocycles. The van der Waals surface area contributed by atoms with Gasteiger partial charge >= 0.3 is 5.97 Å². The number of nitrogens with one attached hydrogen (secondary N) is 1. The summed E-state index contributed by atoms with van der Waals surface area (Å²) < 4.78 is 17.3. The molecule has 5 heteroatoms. The molecule has 0 amide bonds. The van der Waals surface area contributed by atoms with E-state index in [4.69, 9.17) is 0 Å². The molecule has 0 spiro atoms. The van der Waals surface area contributed by atoms with Crippen LogP contribution in [0.15, 0.2) is 0 Å². The van der Waals surface area contributed by atoms with Crippen molar-refractivity contribution in [3.05, 3.63) is 0 Å². The Bertz CT molecular complexity index is 203. The van der Waals surface area contributed by atoms with Crippen LogP contribution in [-0.2, 0) is 9.53 Å². The van der Waals surface area contributed by atoms with Crippen LogP contribution in [0.2, 0.25) is 0 Å². The maximum atomic E-state index is 12.6. The summed E-state index contributed by atoms with van der Waals surface area (Å²) in [6.45, 7) is 2.60. The molecule has 0 saturated carbocycles. The third-order valence-electron chi connectivity index (χ3n) is 2.90. The summed E-state index contributed by atoms with van der Waals surface area (Å²) in [5.41, 5.74) is -0.693. The van der Waals surface area contributed by atoms with Gasteiger partial charge in [0.05, 0.1) is 19.2 Å². The Balaban J connectivity index is 0.00000169. The van der Waals surface area contributed by atoms with Crippen LogP contribution in [0.5, 0.6) is 0 Å². The van der Waals surface area contributed by atoms with E-state index in [0.717, 1.165) is 6.54 Å². The molecule has 0 bridgehead atoms. The number of hydrogen-bond donors (Lipinski definition) is 1. The van der Waals surface area contributed by atoms with Gasteiger partial charge in [0.25, 0.3) is 0 Å². The zero-order valence-electron chi connectivity index (χ0n) is 8.51. The van der Waals surface area contributed by atoms with Crippen molar-refractivity contribution in [3.8, 4) is 0 Å². The number of carbonyl (C=O) groups is 1. The minimum absolute atomic E-state index is 0. The fraction of sp³-hybridized carbons (Fsp3) is 0.889. The first-order valence-electron chi connectivity index (χ1n) is 4.50. The molecule has 1 rings (SSSR count). The maximum absolute atomic E-state index is 12.6. The number of methoxy groups -OCH3 is 1. The number of carbonyl (C=O) groups excluding carboxylic acids is 1. The van der Waals surface area contributed by atoms with E-state index in [2.05, 4.69) is 10.1 Å². The van der Waals surface area contributed by atoms with Gasteiger partial charge in [-0.25, -0.2) is 0 Å². The Labute approximate surface area is 89.8 Å². The van der Waals surface area contributed by atoms with Crippen molar-refractivity contribution in [2.45, 2.75) is 13.3 Å². The number of hydrogen-bond acceptors (Lipinski definition) is 3. The molecule has 0 aromatic carbocycles. The molecule has 14 heavy (non-hydrogen) atoms. The van der Waals surface area contributed by atoms with Gasteiger partial charge in [-0.3, -0.25) is 9.18 Å². The average molecular weight is 226 g/mol. The van der Waals surface area contributed by atoms with Crippen LogP contribution in [0.25, 0.3) is 0 Å². The smallest absolute Gasteiger partial charge is 0.313 e. The number of rotatable bonds is 2. The quantitative estimate of drug-likeness (QED) is 0.717. The van der Waals surface area contributed by atoms with Gasteiger partial charge in [-0.05, 0) is 19.9 Å². The predicted molar refractivity (Wildman–Crippen MR) is 54.3 cm³/mol. The lowest BCUT2D eigenvalue weighted by atomic mass is 9.73. The normalized spacial score (nSPS) is 31.8. The molecule has 1 aliphatic heterocycles. The minimum Gasteiger partial charge on any atom is -0.469 e. The standard InChI is InChI=1S/C9H16FNO2.ClH/c1-9(8(12)13-2)6-11-4-3-7(9)5-10;/h7,11H,3-6H2,1-2H3;1H/t7-,9-;/m1./s1. The molecule has 2 atom stereocenters. The summed E-state index contributed by atoms with van der Waals surface area (Å²) >= 11 is 0. The molecule has 1 heterocycles. The molecule has 0 unspecified atom stereocenters. The third kappa shape index (κ3) is 2.36. The van der Waals surface area contributed by atoms with E-state index in [-0.39, 0.29) is 24.3 Å². The Hall–Kier alpha value is -0.350. The Morgan fingerprint density at radius 3 is 2.86 bits per heavy atom. The van der Waals surface area contributed by atoms with Crippen molar-refractivity contribution in [2.75, 3.05) is 26.9 Å². The van der Waals surface area contributed by atoms with Crippen LogP contribution in [0.4, 0.5) is 4.39 Å². The van der Waals surface area contributed by atoms with Gasteiger partial charge in [0.1, 0.15) is 0 Å². The summed E-state index contributed by atoms with van der Waals surface area (Å²) in [5.74, 6) is -0.524. The van der Waals surface area contributed by atoms with Crippen molar-refractivity contribution < 1.29 is 13.9 Å². The first-order valence-corrected chi connectivity index (χ1v) is 4.50. The van der Waals surface area contributed by atoms with Gasteiger partial charge in [-0.15, -0.1) is 12.4 Å². The highest BCUT2D eigenvalue weighted by Gasteiger charge is 2.43. The predicted octanol–water partition coefficient (Wildman–Crippen LogP) is 1.17. The number of alkyl halides is 1. The highest BCUT2D eigenvalue weighted by Crippen LogP contribution is 2.33. The first kappa shape index (κ1) is 13.7. The van der Waals surface area contributed by atoms with Crippen LogP contribution in [0, 0.1) is 11.3 Å². The number of halogens is 2. The van der Waals surface area contributed by atoms with Crippen molar-refractivity contribution >= 4 is 18.4 Å². The second-order valence-corrected chi connectivity index (χ2v) is 3.73. The van der Waals surface area contributed by atoms with Crippen LogP contribution in [-0.4, -0.2) is 32.8 Å². The van der Waals surface area contributed by atoms with Crippen molar-refractivity contribution in [1.82, 2.24) is 5.32 Å². The molecule has 0 radical (unpaired) electrons. The largest absolute Gasteiger partial charge is 0.469 e. The second kappa shape index (κ2) is 5.51. The third-order valence-corrected chi connectivity index (χ3v) is 2.90. The number of esters is 1. The lowest BCUT2D eigenvalue weighted by molar-refractivity contribution is -0.156. The van der Waals surface area contributed by atoms with Crippen LogP contribution >= 0.6 is 12.4 Å². The minimum atomic E-state index is -0.693. The van der Waals surface area contributed by atoms with Crippen LogP contribution < -0.4 is 5.32 Å².